The molecule has 0 saturated heterocycles. The van der Waals surface area contributed by atoms with Gasteiger partial charge in [0.05, 0.1) is 5.56 Å². The number of benzene rings is 1. The maximum Gasteiger partial charge on any atom is 0.413 e. The van der Waals surface area contributed by atoms with Gasteiger partial charge in [-0.25, -0.2) is 17.6 Å². The molecule has 0 aromatic heterocycles. The van der Waals surface area contributed by atoms with Gasteiger partial charge in [-0.15, -0.1) is 0 Å². The van der Waals surface area contributed by atoms with E-state index in [1.54, 1.807) is 0 Å². The van der Waals surface area contributed by atoms with E-state index in [0.29, 0.717) is 0 Å². The highest BCUT2D eigenvalue weighted by Gasteiger charge is 2.89. The zero-order valence-electron chi connectivity index (χ0n) is 10.4. The zero-order chi connectivity index (χ0) is 19.0. The molecular weight excluding hydrogens is 376 g/mol. The highest BCUT2D eigenvalue weighted by atomic mass is 19.4. The maximum atomic E-state index is 13.7. The summed E-state index contributed by atoms with van der Waals surface area (Å²) in [6, 6.07) is 0. The molecule has 0 fully saturated rings. The van der Waals surface area contributed by atoms with Crippen LogP contribution < -0.4 is 0 Å². The van der Waals surface area contributed by atoms with Crippen LogP contribution in [0.25, 0.3) is 0 Å². The molecule has 0 radical (unpaired) electrons. The summed E-state index contributed by atoms with van der Waals surface area (Å²) in [4.78, 5) is 11.2. The van der Waals surface area contributed by atoms with Crippen LogP contribution in [0.3, 0.4) is 0 Å². The number of carbonyl (C=O) groups excluding carboxylic acids is 1. The summed E-state index contributed by atoms with van der Waals surface area (Å²) in [6.07, 6.45) is -14.2. The molecule has 0 amide bonds. The summed E-state index contributed by atoms with van der Waals surface area (Å²) in [6.45, 7) is 0. The quantitative estimate of drug-likeness (QED) is 0.372. The molecule has 13 heteroatoms. The van der Waals surface area contributed by atoms with Crippen LogP contribution in [0, 0.1) is 23.3 Å². The van der Waals surface area contributed by atoms with Gasteiger partial charge in [-0.3, -0.25) is 4.79 Å². The van der Waals surface area contributed by atoms with Crippen molar-refractivity contribution >= 4 is 5.78 Å². The summed E-state index contributed by atoms with van der Waals surface area (Å²) in [5.74, 6) is -22.6. The van der Waals surface area contributed by atoms with Gasteiger partial charge in [-0.2, -0.15) is 35.1 Å². The lowest BCUT2D eigenvalue weighted by Crippen LogP contribution is -2.64. The Morgan fingerprint density at radius 1 is 0.667 bits per heavy atom. The number of ketones is 1. The first-order valence-electron chi connectivity index (χ1n) is 5.47. The van der Waals surface area contributed by atoms with E-state index in [4.69, 9.17) is 0 Å². The van der Waals surface area contributed by atoms with Crippen LogP contribution in [-0.4, -0.2) is 24.1 Å². The normalized spacial score (nSPS) is 19.6. The summed E-state index contributed by atoms with van der Waals surface area (Å²) in [5, 5.41) is 0. The lowest BCUT2D eigenvalue weighted by molar-refractivity contribution is -0.344. The number of Topliss-reactive ketones (excluding diaryl/α,β-unsaturated/α-hetero) is 1. The third-order valence-corrected chi connectivity index (χ3v) is 3.48. The zero-order valence-corrected chi connectivity index (χ0v) is 10.4. The van der Waals surface area contributed by atoms with Gasteiger partial charge in [0.1, 0.15) is 0 Å². The molecule has 1 nitrogen and oxygen atoms in total. The van der Waals surface area contributed by atoms with Crippen molar-refractivity contribution in [1.29, 1.82) is 0 Å². The first kappa shape index (κ1) is 18.4. The number of hydrogen-bond donors (Lipinski definition) is 0. The lowest BCUT2D eigenvalue weighted by atomic mass is 9.77. The molecule has 0 aliphatic heterocycles. The minimum Gasteiger partial charge on any atom is -0.287 e. The monoisotopic (exact) mass is 376 g/mol. The Labute approximate surface area is 122 Å². The third-order valence-electron chi connectivity index (χ3n) is 3.48. The SMILES string of the molecule is O=C1c2c(F)c(F)c(F)c(F)c2C(C(F)(F)F)(C(F)(F)F)C1(F)F. The van der Waals surface area contributed by atoms with E-state index >= 15 is 0 Å². The molecule has 0 bridgehead atoms. The Morgan fingerprint density at radius 3 is 1.42 bits per heavy atom. The molecule has 1 aromatic carbocycles. The molecule has 1 aliphatic rings. The topological polar surface area (TPSA) is 17.1 Å². The Bertz CT molecular complexity index is 727. The number of hydrogen-bond acceptors (Lipinski definition) is 1. The highest BCUT2D eigenvalue weighted by molar-refractivity contribution is 6.08. The summed E-state index contributed by atoms with van der Waals surface area (Å²) in [7, 11) is 0. The summed E-state index contributed by atoms with van der Waals surface area (Å²) < 4.78 is 158. The van der Waals surface area contributed by atoms with Gasteiger partial charge in [-0.05, 0) is 0 Å². The first-order valence-corrected chi connectivity index (χ1v) is 5.47. The highest BCUT2D eigenvalue weighted by Crippen LogP contribution is 2.65. The van der Waals surface area contributed by atoms with Gasteiger partial charge < -0.3 is 0 Å². The fraction of sp³-hybridized carbons (Fsp3) is 0.364. The lowest BCUT2D eigenvalue weighted by Gasteiger charge is -2.37. The van der Waals surface area contributed by atoms with E-state index in [2.05, 4.69) is 0 Å². The Kier molecular flexibility index (Phi) is 3.50. The van der Waals surface area contributed by atoms with Gasteiger partial charge in [0.15, 0.2) is 23.3 Å². The van der Waals surface area contributed by atoms with Gasteiger partial charge in [0.2, 0.25) is 5.78 Å². The van der Waals surface area contributed by atoms with Crippen molar-refractivity contribution in [3.63, 3.8) is 0 Å². The third kappa shape index (κ3) is 1.72. The van der Waals surface area contributed by atoms with Crippen molar-refractivity contribution in [2.75, 3.05) is 0 Å². The number of rotatable bonds is 0. The van der Waals surface area contributed by atoms with Crippen molar-refractivity contribution < 1.29 is 57.5 Å². The number of halogens is 12. The summed E-state index contributed by atoms with van der Waals surface area (Å²) >= 11 is 0. The van der Waals surface area contributed by atoms with E-state index in [1.807, 2.05) is 0 Å². The Balaban J connectivity index is 3.21. The predicted octanol–water partition coefficient (Wildman–Crippen LogP) is 4.44. The van der Waals surface area contributed by atoms with Crippen molar-refractivity contribution in [2.24, 2.45) is 0 Å². The molecule has 0 N–H and O–H groups in total. The van der Waals surface area contributed by atoms with Crippen LogP contribution in [0.1, 0.15) is 15.9 Å². The molecule has 0 saturated carbocycles. The van der Waals surface area contributed by atoms with E-state index in [0.717, 1.165) is 0 Å². The van der Waals surface area contributed by atoms with Crippen LogP contribution in [0.4, 0.5) is 52.7 Å². The van der Waals surface area contributed by atoms with Gasteiger partial charge in [-0.1, -0.05) is 0 Å². The first-order chi connectivity index (χ1) is 10.5. The average Bonchev–Trinajstić information content (AvgIpc) is 2.58. The van der Waals surface area contributed by atoms with Gasteiger partial charge >= 0.3 is 18.3 Å². The Hall–Kier alpha value is -1.95. The molecule has 24 heavy (non-hydrogen) atoms. The number of carbonyl (C=O) groups is 1. The van der Waals surface area contributed by atoms with Gasteiger partial charge in [0.25, 0.3) is 5.41 Å². The minimum atomic E-state index is -7.10. The van der Waals surface area contributed by atoms with Crippen LogP contribution in [0.5, 0.6) is 0 Å². The minimum absolute atomic E-state index is 2.84. The molecule has 0 spiro atoms. The smallest absolute Gasteiger partial charge is 0.287 e. The van der Waals surface area contributed by atoms with E-state index in [9.17, 15) is 57.5 Å². The second kappa shape index (κ2) is 4.57. The van der Waals surface area contributed by atoms with Crippen LogP contribution in [-0.2, 0) is 5.41 Å². The molecule has 2 rings (SSSR count). The van der Waals surface area contributed by atoms with Crippen LogP contribution in [0.2, 0.25) is 0 Å². The molecule has 0 atom stereocenters. The van der Waals surface area contributed by atoms with Crippen molar-refractivity contribution in [3.8, 4) is 0 Å². The molecule has 0 unspecified atom stereocenters. The largest absolute Gasteiger partial charge is 0.413 e. The average molecular weight is 376 g/mol. The maximum absolute atomic E-state index is 13.7. The molecular formula is C11F12O. The fourth-order valence-corrected chi connectivity index (χ4v) is 2.48. The molecule has 134 valence electrons. The predicted molar refractivity (Wildman–Crippen MR) is 49.3 cm³/mol. The van der Waals surface area contributed by atoms with Crippen molar-refractivity contribution in [1.82, 2.24) is 0 Å². The van der Waals surface area contributed by atoms with Crippen LogP contribution in [0.15, 0.2) is 0 Å². The van der Waals surface area contributed by atoms with E-state index in [-0.39, 0.29) is 0 Å². The number of alkyl halides is 8. The number of fused-ring (bicyclic) bond motifs is 1. The second-order valence-electron chi connectivity index (χ2n) is 4.65. The van der Waals surface area contributed by atoms with E-state index in [1.165, 1.54) is 0 Å². The van der Waals surface area contributed by atoms with Crippen molar-refractivity contribution in [3.05, 3.63) is 34.4 Å². The molecule has 1 aliphatic carbocycles. The van der Waals surface area contributed by atoms with Gasteiger partial charge in [0, 0.05) is 5.56 Å². The molecule has 0 heterocycles. The van der Waals surface area contributed by atoms with Crippen LogP contribution >= 0.6 is 0 Å². The standard InChI is InChI=1S/C11F12O/c12-3-1-2(4(13)6(15)5(3)14)8(10(18,19)20,11(21,22)23)9(16,17)7(1)24. The summed E-state index contributed by atoms with van der Waals surface area (Å²) in [5.41, 5.74) is -12.8. The molecule has 1 aromatic rings. The fourth-order valence-electron chi connectivity index (χ4n) is 2.48. The van der Waals surface area contributed by atoms with E-state index < -0.39 is 63.9 Å². The second-order valence-corrected chi connectivity index (χ2v) is 4.65. The Morgan fingerprint density at radius 2 is 1.04 bits per heavy atom. The van der Waals surface area contributed by atoms with Crippen molar-refractivity contribution in [2.45, 2.75) is 23.7 Å².